The van der Waals surface area contributed by atoms with Crippen LogP contribution >= 0.6 is 15.9 Å². The van der Waals surface area contributed by atoms with Gasteiger partial charge in [0, 0.05) is 27.7 Å². The van der Waals surface area contributed by atoms with Crippen molar-refractivity contribution in [3.05, 3.63) is 44.7 Å². The molecule has 0 fully saturated rings. The largest absolute Gasteiger partial charge is 0.481 e. The molecular weight excluding hydrogens is 310 g/mol. The van der Waals surface area contributed by atoms with E-state index >= 15 is 0 Å². The summed E-state index contributed by atoms with van der Waals surface area (Å²) in [5, 5.41) is 9.57. The molecule has 2 rings (SSSR count). The second kappa shape index (κ2) is 5.17. The second-order valence-corrected chi connectivity index (χ2v) is 5.52. The molecule has 0 unspecified atom stereocenters. The van der Waals surface area contributed by atoms with Crippen molar-refractivity contribution >= 4 is 32.8 Å². The summed E-state index contributed by atoms with van der Waals surface area (Å²) >= 11 is 3.44. The fraction of sp³-hybridized carbons (Fsp3) is 0.286. The first-order chi connectivity index (χ1) is 8.91. The molecule has 100 valence electrons. The Hall–Kier alpha value is -1.62. The zero-order valence-corrected chi connectivity index (χ0v) is 12.3. The van der Waals surface area contributed by atoms with Crippen LogP contribution in [0.25, 0.3) is 10.9 Å². The number of pyridine rings is 1. The lowest BCUT2D eigenvalue weighted by molar-refractivity contribution is -0.136. The molecule has 5 heteroatoms. The van der Waals surface area contributed by atoms with Crippen molar-refractivity contribution in [3.63, 3.8) is 0 Å². The molecule has 1 aromatic heterocycles. The molecular formula is C14H14BrNO3. The summed E-state index contributed by atoms with van der Waals surface area (Å²) in [6, 6.07) is 6.89. The van der Waals surface area contributed by atoms with Crippen molar-refractivity contribution < 1.29 is 9.90 Å². The molecule has 0 bridgehead atoms. The van der Waals surface area contributed by atoms with E-state index in [0.717, 1.165) is 9.99 Å². The van der Waals surface area contributed by atoms with Gasteiger partial charge in [0.2, 0.25) is 0 Å². The number of nitrogens with zero attached hydrogens (tertiary/aromatic N) is 1. The third kappa shape index (κ3) is 2.56. The third-order valence-corrected chi connectivity index (χ3v) is 3.59. The van der Waals surface area contributed by atoms with E-state index in [1.807, 2.05) is 24.5 Å². The van der Waals surface area contributed by atoms with E-state index in [-0.39, 0.29) is 17.9 Å². The zero-order chi connectivity index (χ0) is 14.2. The molecule has 0 aliphatic heterocycles. The molecule has 4 nitrogen and oxygen atoms in total. The van der Waals surface area contributed by atoms with Gasteiger partial charge in [0.05, 0.1) is 11.9 Å². The lowest BCUT2D eigenvalue weighted by atomic mass is 10.1. The molecule has 0 amide bonds. The Labute approximate surface area is 118 Å². The van der Waals surface area contributed by atoms with Gasteiger partial charge in [0.1, 0.15) is 0 Å². The monoisotopic (exact) mass is 323 g/mol. The number of para-hydroxylation sites is 1. The summed E-state index contributed by atoms with van der Waals surface area (Å²) in [6.07, 6.45) is -0.162. The number of rotatable bonds is 3. The Balaban J connectivity index is 2.91. The van der Waals surface area contributed by atoms with Gasteiger partial charge in [-0.1, -0.05) is 6.07 Å². The highest BCUT2D eigenvalue weighted by Gasteiger charge is 2.15. The van der Waals surface area contributed by atoms with Crippen molar-refractivity contribution in [1.82, 2.24) is 4.57 Å². The van der Waals surface area contributed by atoms with Crippen molar-refractivity contribution in [2.45, 2.75) is 26.3 Å². The first-order valence-electron chi connectivity index (χ1n) is 5.96. The van der Waals surface area contributed by atoms with Gasteiger partial charge in [-0.3, -0.25) is 9.59 Å². The number of aliphatic carboxylic acids is 1. The minimum atomic E-state index is -0.944. The van der Waals surface area contributed by atoms with Crippen molar-refractivity contribution in [1.29, 1.82) is 0 Å². The number of halogens is 1. The van der Waals surface area contributed by atoms with Crippen molar-refractivity contribution in [2.24, 2.45) is 0 Å². The normalized spacial score (nSPS) is 11.2. The topological polar surface area (TPSA) is 59.3 Å². The SMILES string of the molecule is CC(C)n1c(CC(=O)O)cc(=O)c2cccc(Br)c21. The number of fused-ring (bicyclic) bond motifs is 1. The van der Waals surface area contributed by atoms with Crippen LogP contribution in [-0.2, 0) is 11.2 Å². The quantitative estimate of drug-likeness (QED) is 0.944. The highest BCUT2D eigenvalue weighted by atomic mass is 79.9. The Morgan fingerprint density at radius 1 is 1.42 bits per heavy atom. The van der Waals surface area contributed by atoms with Crippen molar-refractivity contribution in [3.8, 4) is 0 Å². The third-order valence-electron chi connectivity index (χ3n) is 2.95. The van der Waals surface area contributed by atoms with E-state index < -0.39 is 5.97 Å². The summed E-state index contributed by atoms with van der Waals surface area (Å²) in [5.41, 5.74) is 1.12. The zero-order valence-electron chi connectivity index (χ0n) is 10.7. The average molecular weight is 324 g/mol. The molecule has 0 aliphatic rings. The Morgan fingerprint density at radius 3 is 2.68 bits per heavy atom. The van der Waals surface area contributed by atoms with Gasteiger partial charge in [0.15, 0.2) is 5.43 Å². The molecule has 1 aromatic carbocycles. The van der Waals surface area contributed by atoms with Crippen LogP contribution in [0.4, 0.5) is 0 Å². The lowest BCUT2D eigenvalue weighted by Crippen LogP contribution is -2.18. The van der Waals surface area contributed by atoms with Crippen LogP contribution in [0.3, 0.4) is 0 Å². The van der Waals surface area contributed by atoms with E-state index in [1.54, 1.807) is 12.1 Å². The average Bonchev–Trinajstić information content (AvgIpc) is 2.29. The number of hydrogen-bond acceptors (Lipinski definition) is 2. The van der Waals surface area contributed by atoms with Crippen LogP contribution in [0.1, 0.15) is 25.6 Å². The predicted molar refractivity (Wildman–Crippen MR) is 77.6 cm³/mol. The van der Waals surface area contributed by atoms with E-state index in [1.165, 1.54) is 6.07 Å². The first kappa shape index (κ1) is 13.8. The maximum atomic E-state index is 12.1. The van der Waals surface area contributed by atoms with Gasteiger partial charge in [-0.25, -0.2) is 0 Å². The standard InChI is InChI=1S/C14H14BrNO3/c1-8(2)16-9(7-13(18)19)6-12(17)10-4-3-5-11(15)14(10)16/h3-6,8H,7H2,1-2H3,(H,18,19). The summed E-state index contributed by atoms with van der Waals surface area (Å²) in [7, 11) is 0. The van der Waals surface area contributed by atoms with Gasteiger partial charge in [-0.2, -0.15) is 0 Å². The van der Waals surface area contributed by atoms with Crippen LogP contribution in [-0.4, -0.2) is 15.6 Å². The molecule has 0 saturated heterocycles. The lowest BCUT2D eigenvalue weighted by Gasteiger charge is -2.20. The number of aromatic nitrogens is 1. The molecule has 1 N–H and O–H groups in total. The molecule has 0 radical (unpaired) electrons. The highest BCUT2D eigenvalue weighted by molar-refractivity contribution is 9.10. The number of carbonyl (C=O) groups is 1. The fourth-order valence-corrected chi connectivity index (χ4v) is 2.84. The molecule has 0 aliphatic carbocycles. The van der Waals surface area contributed by atoms with Gasteiger partial charge < -0.3 is 9.67 Å². The second-order valence-electron chi connectivity index (χ2n) is 4.67. The van der Waals surface area contributed by atoms with E-state index in [4.69, 9.17) is 5.11 Å². The highest BCUT2D eigenvalue weighted by Crippen LogP contribution is 2.26. The minimum Gasteiger partial charge on any atom is -0.481 e. The van der Waals surface area contributed by atoms with Crippen molar-refractivity contribution in [2.75, 3.05) is 0 Å². The molecule has 0 saturated carbocycles. The van der Waals surface area contributed by atoms with Crippen LogP contribution < -0.4 is 5.43 Å². The van der Waals surface area contributed by atoms with Gasteiger partial charge >= 0.3 is 5.97 Å². The summed E-state index contributed by atoms with van der Waals surface area (Å²) in [6.45, 7) is 3.93. The van der Waals surface area contributed by atoms with E-state index in [9.17, 15) is 9.59 Å². The maximum Gasteiger partial charge on any atom is 0.309 e. The molecule has 2 aromatic rings. The van der Waals surface area contributed by atoms with Crippen LogP contribution in [0.5, 0.6) is 0 Å². The fourth-order valence-electron chi connectivity index (χ4n) is 2.28. The van der Waals surface area contributed by atoms with E-state index in [0.29, 0.717) is 11.1 Å². The number of carboxylic acid groups (broad SMARTS) is 1. The smallest absolute Gasteiger partial charge is 0.309 e. The van der Waals surface area contributed by atoms with Crippen LogP contribution in [0, 0.1) is 0 Å². The van der Waals surface area contributed by atoms with Gasteiger partial charge in [-0.05, 0) is 41.9 Å². The first-order valence-corrected chi connectivity index (χ1v) is 6.75. The Kier molecular flexibility index (Phi) is 3.75. The number of benzene rings is 1. The molecule has 0 spiro atoms. The van der Waals surface area contributed by atoms with E-state index in [2.05, 4.69) is 15.9 Å². The summed E-state index contributed by atoms with van der Waals surface area (Å²) < 4.78 is 2.69. The van der Waals surface area contributed by atoms with Gasteiger partial charge in [-0.15, -0.1) is 0 Å². The summed E-state index contributed by atoms with van der Waals surface area (Å²) in [5.74, 6) is -0.944. The van der Waals surface area contributed by atoms with Crippen LogP contribution in [0.2, 0.25) is 0 Å². The maximum absolute atomic E-state index is 12.1. The van der Waals surface area contributed by atoms with Gasteiger partial charge in [0.25, 0.3) is 0 Å². The Morgan fingerprint density at radius 2 is 2.11 bits per heavy atom. The molecule has 19 heavy (non-hydrogen) atoms. The Bertz CT molecular complexity index is 704. The molecule has 0 atom stereocenters. The summed E-state index contributed by atoms with van der Waals surface area (Å²) in [4.78, 5) is 23.0. The predicted octanol–water partition coefficient (Wildman–Crippen LogP) is 2.97. The van der Waals surface area contributed by atoms with Crippen LogP contribution in [0.15, 0.2) is 33.5 Å². The molecule has 1 heterocycles. The minimum absolute atomic E-state index is 0.0659. The number of hydrogen-bond donors (Lipinski definition) is 1. The number of carboxylic acids is 1.